The fraction of sp³-hybridized carbons (Fsp3) is 0.333. The third kappa shape index (κ3) is 4.16. The van der Waals surface area contributed by atoms with Crippen LogP contribution >= 0.6 is 0 Å². The highest BCUT2D eigenvalue weighted by atomic mass is 16.1. The van der Waals surface area contributed by atoms with Gasteiger partial charge in [0, 0.05) is 16.7 Å². The molecule has 2 heteroatoms. The van der Waals surface area contributed by atoms with Gasteiger partial charge in [0.2, 0.25) is 0 Å². The zero-order valence-corrected chi connectivity index (χ0v) is 14.4. The average molecular weight is 308 g/mol. The highest BCUT2D eigenvalue weighted by molar-refractivity contribution is 6.25. The van der Waals surface area contributed by atoms with E-state index in [-0.39, 0.29) is 11.6 Å². The molecule has 0 saturated carbocycles. The lowest BCUT2D eigenvalue weighted by atomic mass is 9.85. The number of hydrogen-bond donors (Lipinski definition) is 0. The van der Waals surface area contributed by atoms with Gasteiger partial charge < -0.3 is 0 Å². The van der Waals surface area contributed by atoms with E-state index in [0.717, 1.165) is 18.4 Å². The van der Waals surface area contributed by atoms with E-state index in [9.17, 15) is 9.59 Å². The second kappa shape index (κ2) is 7.36. The fourth-order valence-corrected chi connectivity index (χ4v) is 2.78. The lowest BCUT2D eigenvalue weighted by molar-refractivity contribution is 0.0982. The zero-order chi connectivity index (χ0) is 17.0. The summed E-state index contributed by atoms with van der Waals surface area (Å²) in [5.41, 5.74) is 5.13. The van der Waals surface area contributed by atoms with Gasteiger partial charge in [0.05, 0.1) is 0 Å². The van der Waals surface area contributed by atoms with E-state index in [0.29, 0.717) is 23.1 Å². The van der Waals surface area contributed by atoms with Gasteiger partial charge in [-0.1, -0.05) is 41.5 Å². The van der Waals surface area contributed by atoms with Crippen LogP contribution in [0.15, 0.2) is 53.1 Å². The van der Waals surface area contributed by atoms with E-state index in [4.69, 9.17) is 0 Å². The Kier molecular flexibility index (Phi) is 5.49. The molecular formula is C21H24O2. The summed E-state index contributed by atoms with van der Waals surface area (Å²) in [6.45, 7) is 8.13. The van der Waals surface area contributed by atoms with Crippen LogP contribution in [0.5, 0.6) is 0 Å². The molecule has 0 atom stereocenters. The molecular weight excluding hydrogens is 284 g/mol. The summed E-state index contributed by atoms with van der Waals surface area (Å²) in [4.78, 5) is 24.9. The smallest absolute Gasteiger partial charge is 0.190 e. The van der Waals surface area contributed by atoms with Crippen LogP contribution in [0.2, 0.25) is 0 Å². The molecule has 0 saturated heterocycles. The van der Waals surface area contributed by atoms with E-state index < -0.39 is 0 Å². The van der Waals surface area contributed by atoms with Gasteiger partial charge >= 0.3 is 0 Å². The second-order valence-corrected chi connectivity index (χ2v) is 6.44. The van der Waals surface area contributed by atoms with Crippen LogP contribution in [-0.2, 0) is 0 Å². The Morgan fingerprint density at radius 2 is 1.83 bits per heavy atom. The maximum Gasteiger partial charge on any atom is 0.190 e. The minimum Gasteiger partial charge on any atom is -0.289 e. The second-order valence-electron chi connectivity index (χ2n) is 6.44. The first-order valence-electron chi connectivity index (χ1n) is 8.08. The molecule has 0 aliphatic heterocycles. The molecule has 1 aliphatic rings. The van der Waals surface area contributed by atoms with Crippen LogP contribution in [-0.4, -0.2) is 11.6 Å². The maximum atomic E-state index is 12.6. The Labute approximate surface area is 138 Å². The minimum atomic E-state index is -0.0525. The van der Waals surface area contributed by atoms with E-state index in [1.807, 2.05) is 19.1 Å². The Morgan fingerprint density at radius 3 is 2.52 bits per heavy atom. The zero-order valence-electron chi connectivity index (χ0n) is 14.4. The summed E-state index contributed by atoms with van der Waals surface area (Å²) in [6.07, 6.45) is 8.31. The van der Waals surface area contributed by atoms with E-state index in [2.05, 4.69) is 32.9 Å². The molecule has 0 fully saturated rings. The molecule has 0 unspecified atom stereocenters. The van der Waals surface area contributed by atoms with E-state index >= 15 is 0 Å². The molecule has 0 bridgehead atoms. The number of fused-ring (bicyclic) bond motifs is 1. The van der Waals surface area contributed by atoms with Crippen LogP contribution in [0.1, 0.15) is 66.3 Å². The SMILES string of the molecule is CC(C)=CCC/C(C)=C/CC1=CC(=O)c2c(C)cccc2C1=O. The van der Waals surface area contributed by atoms with Crippen molar-refractivity contribution in [3.05, 3.63) is 69.8 Å². The number of carbonyl (C=O) groups is 2. The van der Waals surface area contributed by atoms with Crippen LogP contribution < -0.4 is 0 Å². The molecule has 120 valence electrons. The molecule has 0 radical (unpaired) electrons. The van der Waals surface area contributed by atoms with Crippen molar-refractivity contribution in [2.75, 3.05) is 0 Å². The number of hydrogen-bond acceptors (Lipinski definition) is 2. The van der Waals surface area contributed by atoms with Gasteiger partial charge in [-0.15, -0.1) is 0 Å². The molecule has 1 aliphatic carbocycles. The monoisotopic (exact) mass is 308 g/mol. The maximum absolute atomic E-state index is 12.6. The first kappa shape index (κ1) is 17.1. The molecule has 2 rings (SSSR count). The molecule has 0 amide bonds. The highest BCUT2D eigenvalue weighted by Crippen LogP contribution is 2.26. The Hall–Kier alpha value is -2.22. The van der Waals surface area contributed by atoms with Gasteiger partial charge in [0.1, 0.15) is 0 Å². The van der Waals surface area contributed by atoms with Crippen LogP contribution in [0.4, 0.5) is 0 Å². The van der Waals surface area contributed by atoms with Crippen LogP contribution in [0.3, 0.4) is 0 Å². The number of aryl methyl sites for hydroxylation is 1. The number of allylic oxidation sites excluding steroid dienone is 6. The quantitative estimate of drug-likeness (QED) is 0.684. The Balaban J connectivity index is 2.12. The summed E-state index contributed by atoms with van der Waals surface area (Å²) in [5.74, 6) is -0.0695. The summed E-state index contributed by atoms with van der Waals surface area (Å²) in [6, 6.07) is 5.46. The number of carbonyl (C=O) groups excluding carboxylic acids is 2. The van der Waals surface area contributed by atoms with Crippen LogP contribution in [0.25, 0.3) is 0 Å². The molecule has 2 nitrogen and oxygen atoms in total. The molecule has 0 aromatic heterocycles. The predicted molar refractivity (Wildman–Crippen MR) is 95.0 cm³/mol. The van der Waals surface area contributed by atoms with Crippen molar-refractivity contribution in [2.45, 2.75) is 47.0 Å². The summed E-state index contributed by atoms with van der Waals surface area (Å²) in [5, 5.41) is 0. The molecule has 0 heterocycles. The minimum absolute atomic E-state index is 0.0170. The van der Waals surface area contributed by atoms with Gasteiger partial charge in [-0.3, -0.25) is 9.59 Å². The van der Waals surface area contributed by atoms with Gasteiger partial charge in [0.25, 0.3) is 0 Å². The van der Waals surface area contributed by atoms with Crippen molar-refractivity contribution in [1.82, 2.24) is 0 Å². The standard InChI is InChI=1S/C21H24O2/c1-14(2)7-5-8-15(3)11-12-17-13-19(22)20-16(4)9-6-10-18(20)21(17)23/h6-7,9-11,13H,5,8,12H2,1-4H3/b15-11+. The van der Waals surface area contributed by atoms with Crippen molar-refractivity contribution in [3.63, 3.8) is 0 Å². The van der Waals surface area contributed by atoms with Crippen LogP contribution in [0, 0.1) is 6.92 Å². The summed E-state index contributed by atoms with van der Waals surface area (Å²) in [7, 11) is 0. The molecule has 1 aromatic carbocycles. The first-order chi connectivity index (χ1) is 10.9. The number of rotatable bonds is 5. The molecule has 1 aromatic rings. The van der Waals surface area contributed by atoms with E-state index in [1.165, 1.54) is 17.2 Å². The van der Waals surface area contributed by atoms with Crippen molar-refractivity contribution >= 4 is 11.6 Å². The molecule has 0 N–H and O–H groups in total. The number of ketones is 2. The topological polar surface area (TPSA) is 34.1 Å². The lowest BCUT2D eigenvalue weighted by Crippen LogP contribution is -2.18. The third-order valence-corrected chi connectivity index (χ3v) is 4.12. The number of Topliss-reactive ketones (excluding diaryl/α,β-unsaturated/α-hetero) is 1. The summed E-state index contributed by atoms with van der Waals surface area (Å²) < 4.78 is 0. The van der Waals surface area contributed by atoms with Gasteiger partial charge in [-0.2, -0.15) is 0 Å². The van der Waals surface area contributed by atoms with E-state index in [1.54, 1.807) is 6.07 Å². The van der Waals surface area contributed by atoms with Gasteiger partial charge in [0.15, 0.2) is 11.6 Å². The van der Waals surface area contributed by atoms with Crippen molar-refractivity contribution in [1.29, 1.82) is 0 Å². The van der Waals surface area contributed by atoms with Gasteiger partial charge in [-0.25, -0.2) is 0 Å². The molecule has 23 heavy (non-hydrogen) atoms. The first-order valence-corrected chi connectivity index (χ1v) is 8.08. The van der Waals surface area contributed by atoms with Crippen molar-refractivity contribution in [2.24, 2.45) is 0 Å². The third-order valence-electron chi connectivity index (χ3n) is 4.12. The fourth-order valence-electron chi connectivity index (χ4n) is 2.78. The summed E-state index contributed by atoms with van der Waals surface area (Å²) >= 11 is 0. The number of benzene rings is 1. The highest BCUT2D eigenvalue weighted by Gasteiger charge is 2.25. The Bertz CT molecular complexity index is 726. The lowest BCUT2D eigenvalue weighted by Gasteiger charge is -2.16. The largest absolute Gasteiger partial charge is 0.289 e. The Morgan fingerprint density at radius 1 is 1.09 bits per heavy atom. The predicted octanol–water partition coefficient (Wildman–Crippen LogP) is 5.38. The van der Waals surface area contributed by atoms with Crippen molar-refractivity contribution in [3.8, 4) is 0 Å². The van der Waals surface area contributed by atoms with Crippen molar-refractivity contribution < 1.29 is 9.59 Å². The average Bonchev–Trinajstić information content (AvgIpc) is 2.49. The normalized spacial score (nSPS) is 14.4. The molecule has 0 spiro atoms. The van der Waals surface area contributed by atoms with Gasteiger partial charge in [-0.05, 0) is 58.6 Å².